The molecule has 90 valence electrons. The number of rotatable bonds is 6. The SMILES string of the molecule is CC(Br)CC(C)NCCn1ccccc1=O. The van der Waals surface area contributed by atoms with Crippen molar-refractivity contribution in [2.75, 3.05) is 6.54 Å². The summed E-state index contributed by atoms with van der Waals surface area (Å²) < 4.78 is 1.72. The van der Waals surface area contributed by atoms with Gasteiger partial charge < -0.3 is 9.88 Å². The molecule has 4 heteroatoms. The summed E-state index contributed by atoms with van der Waals surface area (Å²) in [7, 11) is 0. The lowest BCUT2D eigenvalue weighted by Crippen LogP contribution is -2.33. The van der Waals surface area contributed by atoms with Crippen molar-refractivity contribution >= 4 is 15.9 Å². The van der Waals surface area contributed by atoms with Crippen LogP contribution in [-0.2, 0) is 6.54 Å². The number of nitrogens with one attached hydrogen (secondary N) is 1. The molecule has 2 unspecified atom stereocenters. The fourth-order valence-electron chi connectivity index (χ4n) is 1.65. The lowest BCUT2D eigenvalue weighted by molar-refractivity contribution is 0.487. The second-order valence-electron chi connectivity index (χ2n) is 4.10. The molecule has 0 radical (unpaired) electrons. The first-order chi connectivity index (χ1) is 7.59. The summed E-state index contributed by atoms with van der Waals surface area (Å²) in [6.45, 7) is 5.84. The zero-order valence-electron chi connectivity index (χ0n) is 9.82. The van der Waals surface area contributed by atoms with E-state index >= 15 is 0 Å². The zero-order chi connectivity index (χ0) is 12.0. The smallest absolute Gasteiger partial charge is 0.250 e. The van der Waals surface area contributed by atoms with Gasteiger partial charge in [0.15, 0.2) is 0 Å². The zero-order valence-corrected chi connectivity index (χ0v) is 11.4. The van der Waals surface area contributed by atoms with Gasteiger partial charge in [-0.05, 0) is 19.4 Å². The molecule has 1 aromatic rings. The molecule has 1 rings (SSSR count). The van der Waals surface area contributed by atoms with Gasteiger partial charge in [0, 0.05) is 36.2 Å². The number of hydrogen-bond acceptors (Lipinski definition) is 2. The van der Waals surface area contributed by atoms with Crippen LogP contribution in [-0.4, -0.2) is 22.0 Å². The van der Waals surface area contributed by atoms with E-state index < -0.39 is 0 Å². The van der Waals surface area contributed by atoms with Crippen molar-refractivity contribution in [3.05, 3.63) is 34.7 Å². The second kappa shape index (κ2) is 6.86. The molecule has 0 aromatic carbocycles. The Balaban J connectivity index is 2.31. The molecule has 0 spiro atoms. The molecule has 2 atom stereocenters. The van der Waals surface area contributed by atoms with Crippen LogP contribution in [0.2, 0.25) is 0 Å². The molecular formula is C12H19BrN2O. The van der Waals surface area contributed by atoms with Gasteiger partial charge in [0.2, 0.25) is 0 Å². The second-order valence-corrected chi connectivity index (χ2v) is 5.67. The lowest BCUT2D eigenvalue weighted by atomic mass is 10.2. The number of pyridine rings is 1. The standard InChI is InChI=1S/C12H19BrN2O/c1-10(13)9-11(2)14-6-8-15-7-4-3-5-12(15)16/h3-5,7,10-11,14H,6,8-9H2,1-2H3. The average molecular weight is 287 g/mol. The molecule has 0 saturated carbocycles. The summed E-state index contributed by atoms with van der Waals surface area (Å²) in [4.78, 5) is 11.9. The van der Waals surface area contributed by atoms with E-state index in [0.717, 1.165) is 19.5 Å². The summed E-state index contributed by atoms with van der Waals surface area (Å²) >= 11 is 3.53. The molecule has 0 aliphatic rings. The average Bonchev–Trinajstić information content (AvgIpc) is 2.19. The topological polar surface area (TPSA) is 34.0 Å². The summed E-state index contributed by atoms with van der Waals surface area (Å²) in [5.74, 6) is 0. The van der Waals surface area contributed by atoms with Gasteiger partial charge in [0.05, 0.1) is 0 Å². The maximum Gasteiger partial charge on any atom is 0.250 e. The van der Waals surface area contributed by atoms with Gasteiger partial charge in [-0.15, -0.1) is 0 Å². The van der Waals surface area contributed by atoms with Crippen molar-refractivity contribution in [3.63, 3.8) is 0 Å². The molecule has 0 bridgehead atoms. The first-order valence-electron chi connectivity index (χ1n) is 5.62. The van der Waals surface area contributed by atoms with Crippen LogP contribution >= 0.6 is 15.9 Å². The van der Waals surface area contributed by atoms with Gasteiger partial charge in [-0.3, -0.25) is 4.79 Å². The van der Waals surface area contributed by atoms with Crippen molar-refractivity contribution in [1.29, 1.82) is 0 Å². The highest BCUT2D eigenvalue weighted by atomic mass is 79.9. The Morgan fingerprint density at radius 1 is 1.44 bits per heavy atom. The van der Waals surface area contributed by atoms with E-state index in [1.54, 1.807) is 16.7 Å². The van der Waals surface area contributed by atoms with Crippen molar-refractivity contribution in [2.24, 2.45) is 0 Å². The number of nitrogens with zero attached hydrogens (tertiary/aromatic N) is 1. The Kier molecular flexibility index (Phi) is 5.77. The van der Waals surface area contributed by atoms with Crippen LogP contribution < -0.4 is 10.9 Å². The normalized spacial score (nSPS) is 14.7. The summed E-state index contributed by atoms with van der Waals surface area (Å²) in [6, 6.07) is 5.70. The van der Waals surface area contributed by atoms with Gasteiger partial charge in [-0.2, -0.15) is 0 Å². The van der Waals surface area contributed by atoms with Crippen LogP contribution in [0.25, 0.3) is 0 Å². The van der Waals surface area contributed by atoms with Crippen LogP contribution in [0.5, 0.6) is 0 Å². The van der Waals surface area contributed by atoms with Crippen LogP contribution in [0.4, 0.5) is 0 Å². The molecule has 0 fully saturated rings. The van der Waals surface area contributed by atoms with Gasteiger partial charge in [-0.1, -0.05) is 28.9 Å². The Morgan fingerprint density at radius 2 is 2.19 bits per heavy atom. The minimum Gasteiger partial charge on any atom is -0.314 e. The molecular weight excluding hydrogens is 268 g/mol. The predicted molar refractivity (Wildman–Crippen MR) is 71.2 cm³/mol. The van der Waals surface area contributed by atoms with E-state index in [0.29, 0.717) is 10.9 Å². The minimum atomic E-state index is 0.0609. The molecule has 1 N–H and O–H groups in total. The monoisotopic (exact) mass is 286 g/mol. The molecule has 0 saturated heterocycles. The lowest BCUT2D eigenvalue weighted by Gasteiger charge is -2.15. The number of hydrogen-bond donors (Lipinski definition) is 1. The van der Waals surface area contributed by atoms with Gasteiger partial charge in [0.1, 0.15) is 0 Å². The number of halogens is 1. The quantitative estimate of drug-likeness (QED) is 0.812. The fraction of sp³-hybridized carbons (Fsp3) is 0.583. The Labute approximate surface area is 105 Å². The molecule has 1 aromatic heterocycles. The van der Waals surface area contributed by atoms with Crippen molar-refractivity contribution in [3.8, 4) is 0 Å². The first-order valence-corrected chi connectivity index (χ1v) is 6.54. The highest BCUT2D eigenvalue weighted by Crippen LogP contribution is 2.05. The molecule has 1 heterocycles. The molecule has 3 nitrogen and oxygen atoms in total. The third kappa shape index (κ3) is 4.94. The van der Waals surface area contributed by atoms with Crippen LogP contribution in [0, 0.1) is 0 Å². The van der Waals surface area contributed by atoms with E-state index in [-0.39, 0.29) is 5.56 Å². The van der Waals surface area contributed by atoms with Crippen molar-refractivity contribution < 1.29 is 0 Å². The Bertz CT molecular complexity index is 362. The van der Waals surface area contributed by atoms with E-state index in [9.17, 15) is 4.79 Å². The van der Waals surface area contributed by atoms with Crippen molar-refractivity contribution in [2.45, 2.75) is 37.7 Å². The number of alkyl halides is 1. The molecule has 0 aliphatic carbocycles. The fourth-order valence-corrected chi connectivity index (χ4v) is 2.21. The van der Waals surface area contributed by atoms with Crippen LogP contribution in [0.15, 0.2) is 29.2 Å². The first kappa shape index (κ1) is 13.5. The third-order valence-electron chi connectivity index (χ3n) is 2.42. The Morgan fingerprint density at radius 3 is 2.81 bits per heavy atom. The van der Waals surface area contributed by atoms with E-state index in [1.165, 1.54) is 0 Å². The van der Waals surface area contributed by atoms with Crippen molar-refractivity contribution in [1.82, 2.24) is 9.88 Å². The van der Waals surface area contributed by atoms with E-state index in [1.807, 2.05) is 12.3 Å². The number of aromatic nitrogens is 1. The van der Waals surface area contributed by atoms with E-state index in [2.05, 4.69) is 35.1 Å². The summed E-state index contributed by atoms with van der Waals surface area (Å²) in [6.07, 6.45) is 2.91. The van der Waals surface area contributed by atoms with Gasteiger partial charge in [-0.25, -0.2) is 0 Å². The van der Waals surface area contributed by atoms with Gasteiger partial charge in [0.25, 0.3) is 5.56 Å². The molecule has 0 amide bonds. The maximum absolute atomic E-state index is 11.4. The third-order valence-corrected chi connectivity index (χ3v) is 2.80. The molecule has 0 aliphatic heterocycles. The highest BCUT2D eigenvalue weighted by molar-refractivity contribution is 9.09. The maximum atomic E-state index is 11.4. The predicted octanol–water partition coefficient (Wildman–Crippen LogP) is 2.00. The largest absolute Gasteiger partial charge is 0.314 e. The van der Waals surface area contributed by atoms with E-state index in [4.69, 9.17) is 0 Å². The van der Waals surface area contributed by atoms with Crippen LogP contribution in [0.3, 0.4) is 0 Å². The summed E-state index contributed by atoms with van der Waals surface area (Å²) in [5, 5.41) is 3.40. The molecule has 16 heavy (non-hydrogen) atoms. The highest BCUT2D eigenvalue weighted by Gasteiger charge is 2.04. The van der Waals surface area contributed by atoms with Crippen LogP contribution in [0.1, 0.15) is 20.3 Å². The Hall–Kier alpha value is -0.610. The van der Waals surface area contributed by atoms with Gasteiger partial charge >= 0.3 is 0 Å². The summed E-state index contributed by atoms with van der Waals surface area (Å²) in [5.41, 5.74) is 0.0609. The minimum absolute atomic E-state index is 0.0609.